The fourth-order valence-electron chi connectivity index (χ4n) is 4.55. The Kier molecular flexibility index (Phi) is 9.20. The Labute approximate surface area is 255 Å². The van der Waals surface area contributed by atoms with E-state index in [2.05, 4.69) is 30.7 Å². The van der Waals surface area contributed by atoms with Crippen LogP contribution in [0.1, 0.15) is 32.9 Å². The highest BCUT2D eigenvalue weighted by atomic mass is 32.2. The van der Waals surface area contributed by atoms with Crippen LogP contribution in [0, 0.1) is 0 Å². The van der Waals surface area contributed by atoms with Crippen molar-refractivity contribution in [2.45, 2.75) is 32.6 Å². The lowest BCUT2D eigenvalue weighted by molar-refractivity contribution is 0.240. The number of carbonyl (C=O) groups excluding carboxylic acids is 1. The third kappa shape index (κ3) is 7.94. The van der Waals surface area contributed by atoms with Gasteiger partial charge in [-0.3, -0.25) is 5.32 Å². The number of benzene rings is 2. The van der Waals surface area contributed by atoms with Gasteiger partial charge in [-0.1, -0.05) is 32.0 Å². The Balaban J connectivity index is 1.22. The first-order chi connectivity index (χ1) is 21.0. The molecule has 14 heteroatoms. The zero-order chi connectivity index (χ0) is 31.3. The molecule has 0 spiro atoms. The zero-order valence-corrected chi connectivity index (χ0v) is 25.9. The second-order valence-corrected chi connectivity index (χ2v) is 13.7. The van der Waals surface area contributed by atoms with Crippen LogP contribution in [0.5, 0.6) is 23.1 Å². The monoisotopic (exact) mass is 624 g/mol. The quantitative estimate of drug-likeness (QED) is 0.232. The maximum Gasteiger partial charge on any atom is 0.326 e. The van der Waals surface area contributed by atoms with Gasteiger partial charge in [-0.2, -0.15) is 0 Å². The fourth-order valence-corrected chi connectivity index (χ4v) is 5.83. The van der Waals surface area contributed by atoms with Gasteiger partial charge in [0.25, 0.3) is 0 Å². The van der Waals surface area contributed by atoms with Crippen LogP contribution in [0.15, 0.2) is 53.3 Å². The van der Waals surface area contributed by atoms with E-state index < -0.39 is 15.9 Å². The largest absolute Gasteiger partial charge is 0.493 e. The number of fused-ring (bicyclic) bond motifs is 1. The second-order valence-electron chi connectivity index (χ2n) is 11.4. The van der Waals surface area contributed by atoms with Gasteiger partial charge in [0.2, 0.25) is 11.8 Å². The number of methoxy groups -OCH3 is 1. The van der Waals surface area contributed by atoms with Crippen molar-refractivity contribution >= 4 is 38.3 Å². The van der Waals surface area contributed by atoms with Crippen molar-refractivity contribution in [1.82, 2.24) is 20.0 Å². The summed E-state index contributed by atoms with van der Waals surface area (Å²) in [7, 11) is -1.35. The van der Waals surface area contributed by atoms with Gasteiger partial charge < -0.3 is 29.0 Å². The van der Waals surface area contributed by atoms with E-state index in [9.17, 15) is 13.2 Å². The molecule has 0 unspecified atom stereocenters. The van der Waals surface area contributed by atoms with Gasteiger partial charge in [-0.15, -0.1) is 0 Å². The van der Waals surface area contributed by atoms with Crippen molar-refractivity contribution < 1.29 is 31.9 Å². The first kappa shape index (κ1) is 31.0. The molecular formula is C30H36N6O7S. The Hall–Kier alpha value is -4.43. The van der Waals surface area contributed by atoms with Crippen LogP contribution in [0.3, 0.4) is 0 Å². The number of carbonyl (C=O) groups is 1. The third-order valence-corrected chi connectivity index (χ3v) is 8.63. The highest BCUT2D eigenvalue weighted by Gasteiger charge is 2.22. The van der Waals surface area contributed by atoms with Crippen LogP contribution in [0.2, 0.25) is 0 Å². The molecule has 2 N–H and O–H groups in total. The van der Waals surface area contributed by atoms with Gasteiger partial charge >= 0.3 is 6.03 Å². The molecule has 2 aromatic carbocycles. The highest BCUT2D eigenvalue weighted by molar-refractivity contribution is 7.91. The second kappa shape index (κ2) is 13.1. The van der Waals surface area contributed by atoms with Crippen LogP contribution in [-0.4, -0.2) is 79.3 Å². The number of hydrogen-bond acceptors (Lipinski definition) is 11. The molecule has 1 saturated heterocycles. The lowest BCUT2D eigenvalue weighted by atomic mass is 9.92. The Morgan fingerprint density at radius 1 is 1.05 bits per heavy atom. The topological polar surface area (TPSA) is 158 Å². The molecule has 13 nitrogen and oxygen atoms in total. The van der Waals surface area contributed by atoms with Gasteiger partial charge in [-0.25, -0.2) is 23.2 Å². The molecule has 2 aromatic heterocycles. The van der Waals surface area contributed by atoms with Gasteiger partial charge in [0.15, 0.2) is 21.3 Å². The molecule has 5 rings (SSSR count). The van der Waals surface area contributed by atoms with E-state index in [0.29, 0.717) is 59.4 Å². The van der Waals surface area contributed by atoms with Crippen molar-refractivity contribution in [2.24, 2.45) is 0 Å². The zero-order valence-electron chi connectivity index (χ0n) is 25.1. The number of urea groups is 1. The molecular weight excluding hydrogens is 588 g/mol. The minimum Gasteiger partial charge on any atom is -0.493 e. The summed E-state index contributed by atoms with van der Waals surface area (Å²) in [5, 5.41) is 10.0. The number of aromatic nitrogens is 3. The molecule has 0 saturated carbocycles. The molecule has 234 valence electrons. The first-order valence-corrected chi connectivity index (χ1v) is 16.0. The number of amides is 2. The lowest BCUT2D eigenvalue weighted by Crippen LogP contribution is -2.40. The van der Waals surface area contributed by atoms with Crippen molar-refractivity contribution in [1.29, 1.82) is 0 Å². The third-order valence-electron chi connectivity index (χ3n) is 7.02. The van der Waals surface area contributed by atoms with Gasteiger partial charge in [0, 0.05) is 48.9 Å². The molecule has 0 atom stereocenters. The number of anilines is 2. The SMILES string of the molecule is COc1cc2c(Oc3cccc(NC(=O)Nc4cc(C(C)(C)C)no4)c3)ncnc2cc1OCCCN1CCS(=O)(=O)CC1. The predicted octanol–water partition coefficient (Wildman–Crippen LogP) is 4.86. The summed E-state index contributed by atoms with van der Waals surface area (Å²) in [6.07, 6.45) is 2.13. The summed E-state index contributed by atoms with van der Waals surface area (Å²) in [5.74, 6) is 2.42. The summed E-state index contributed by atoms with van der Waals surface area (Å²) >= 11 is 0. The summed E-state index contributed by atoms with van der Waals surface area (Å²) in [4.78, 5) is 23.4. The van der Waals surface area contributed by atoms with Crippen molar-refractivity contribution in [3.63, 3.8) is 0 Å². The summed E-state index contributed by atoms with van der Waals surface area (Å²) in [5.41, 5.74) is 1.61. The number of hydrogen-bond donors (Lipinski definition) is 2. The van der Waals surface area contributed by atoms with E-state index in [-0.39, 0.29) is 22.8 Å². The average molecular weight is 625 g/mol. The normalized spacial score (nSPS) is 15.1. The van der Waals surface area contributed by atoms with Crippen LogP contribution < -0.4 is 24.8 Å². The molecule has 0 radical (unpaired) electrons. The van der Waals surface area contributed by atoms with E-state index in [1.54, 1.807) is 49.6 Å². The summed E-state index contributed by atoms with van der Waals surface area (Å²) in [6, 6.07) is 11.6. The molecule has 1 aliphatic heterocycles. The molecule has 0 aliphatic carbocycles. The maximum atomic E-state index is 12.6. The number of nitrogens with one attached hydrogen (secondary N) is 2. The molecule has 4 aromatic rings. The van der Waals surface area contributed by atoms with E-state index in [1.165, 1.54) is 6.33 Å². The molecule has 1 fully saturated rings. The molecule has 2 amide bonds. The minimum atomic E-state index is -2.90. The number of rotatable bonds is 10. The van der Waals surface area contributed by atoms with Crippen molar-refractivity contribution in [3.8, 4) is 23.1 Å². The smallest absolute Gasteiger partial charge is 0.326 e. The molecule has 0 bridgehead atoms. The number of ether oxygens (including phenoxy) is 3. The van der Waals surface area contributed by atoms with Gasteiger partial charge in [0.05, 0.1) is 41.8 Å². The highest BCUT2D eigenvalue weighted by Crippen LogP contribution is 2.36. The standard InChI is InChI=1S/C30H36N6O7S/c1-30(2,3)26-18-27(43-35-26)34-29(37)33-20-7-5-8-21(15-20)42-28-22-16-24(40-4)25(17-23(22)31-19-32-28)41-12-6-9-36-10-13-44(38,39)14-11-36/h5,7-8,15-19H,6,9-14H2,1-4H3,(H2,33,34,37). The Morgan fingerprint density at radius 3 is 2.57 bits per heavy atom. The molecule has 1 aliphatic rings. The molecule has 3 heterocycles. The van der Waals surface area contributed by atoms with E-state index in [0.717, 1.165) is 18.7 Å². The fraction of sp³-hybridized carbons (Fsp3) is 0.400. The predicted molar refractivity (Wildman–Crippen MR) is 166 cm³/mol. The number of nitrogens with zero attached hydrogens (tertiary/aromatic N) is 4. The number of sulfone groups is 1. The first-order valence-electron chi connectivity index (χ1n) is 14.2. The van der Waals surface area contributed by atoms with Crippen LogP contribution in [-0.2, 0) is 15.3 Å². The maximum absolute atomic E-state index is 12.6. The van der Waals surface area contributed by atoms with Gasteiger partial charge in [-0.05, 0) is 24.6 Å². The average Bonchev–Trinajstić information content (AvgIpc) is 3.45. The summed E-state index contributed by atoms with van der Waals surface area (Å²) in [6.45, 7) is 8.29. The van der Waals surface area contributed by atoms with Crippen LogP contribution >= 0.6 is 0 Å². The van der Waals surface area contributed by atoms with Gasteiger partial charge in [0.1, 0.15) is 12.1 Å². The van der Waals surface area contributed by atoms with Crippen molar-refractivity contribution in [2.75, 3.05) is 55.5 Å². The van der Waals surface area contributed by atoms with E-state index in [1.807, 2.05) is 20.8 Å². The van der Waals surface area contributed by atoms with E-state index in [4.69, 9.17) is 18.7 Å². The Bertz CT molecular complexity index is 1720. The molecule has 44 heavy (non-hydrogen) atoms. The van der Waals surface area contributed by atoms with Crippen molar-refractivity contribution in [3.05, 3.63) is 54.5 Å². The summed E-state index contributed by atoms with van der Waals surface area (Å²) < 4.78 is 46.2. The Morgan fingerprint density at radius 2 is 1.84 bits per heavy atom. The minimum absolute atomic E-state index is 0.203. The lowest BCUT2D eigenvalue weighted by Gasteiger charge is -2.26. The van der Waals surface area contributed by atoms with Crippen LogP contribution in [0.25, 0.3) is 10.9 Å². The van der Waals surface area contributed by atoms with E-state index >= 15 is 0 Å². The van der Waals surface area contributed by atoms with Crippen LogP contribution in [0.4, 0.5) is 16.4 Å².